The molecule has 4 heteroatoms. The van der Waals surface area contributed by atoms with Gasteiger partial charge in [-0.25, -0.2) is 0 Å². The van der Waals surface area contributed by atoms with Crippen LogP contribution in [0.15, 0.2) is 0 Å². The summed E-state index contributed by atoms with van der Waals surface area (Å²) in [5, 5.41) is 2.71. The molecule has 0 saturated carbocycles. The molecule has 1 fully saturated rings. The van der Waals surface area contributed by atoms with E-state index in [9.17, 15) is 9.59 Å². The fraction of sp³-hybridized carbons (Fsp3) is 0.714. The topological polar surface area (TPSA) is 49.4 Å². The first kappa shape index (κ1) is 8.04. The van der Waals surface area contributed by atoms with Crippen molar-refractivity contribution in [3.63, 3.8) is 0 Å². The first-order valence-electron chi connectivity index (χ1n) is 3.78. The zero-order valence-corrected chi connectivity index (χ0v) is 6.54. The molecule has 2 amide bonds. The van der Waals surface area contributed by atoms with Crippen LogP contribution in [0, 0.1) is 0 Å². The van der Waals surface area contributed by atoms with Crippen molar-refractivity contribution in [1.29, 1.82) is 0 Å². The summed E-state index contributed by atoms with van der Waals surface area (Å²) >= 11 is 0. The highest BCUT2D eigenvalue weighted by atomic mass is 16.2. The molecule has 0 aromatic rings. The van der Waals surface area contributed by atoms with Crippen molar-refractivity contribution >= 4 is 12.3 Å². The minimum absolute atomic E-state index is 0.0362. The van der Waals surface area contributed by atoms with Crippen LogP contribution >= 0.6 is 0 Å². The zero-order valence-electron chi connectivity index (χ0n) is 6.54. The van der Waals surface area contributed by atoms with E-state index in [2.05, 4.69) is 5.32 Å². The number of carbonyl (C=O) groups is 2. The molecule has 0 spiro atoms. The number of nitrogens with zero attached hydrogens (tertiary/aromatic N) is 1. The maximum Gasteiger partial charge on any atom is 0.242 e. The van der Waals surface area contributed by atoms with Crippen LogP contribution in [-0.4, -0.2) is 36.3 Å². The highest BCUT2D eigenvalue weighted by molar-refractivity contribution is 5.84. The smallest absolute Gasteiger partial charge is 0.242 e. The summed E-state index contributed by atoms with van der Waals surface area (Å²) < 4.78 is 0. The summed E-state index contributed by atoms with van der Waals surface area (Å²) in [6.07, 6.45) is 1.43. The number of carbonyl (C=O) groups excluding carboxylic acids is 2. The standard InChI is InChI=1S/C7H12N2O2/c1-2-6-7(11)8-3-4-9(6)5-10/h5-6H,2-4H2,1H3,(H,8,11). The predicted octanol–water partition coefficient (Wildman–Crippen LogP) is -0.647. The molecule has 1 heterocycles. The van der Waals surface area contributed by atoms with Gasteiger partial charge in [-0.3, -0.25) is 9.59 Å². The molecule has 1 rings (SSSR count). The van der Waals surface area contributed by atoms with Gasteiger partial charge in [-0.2, -0.15) is 0 Å². The van der Waals surface area contributed by atoms with Gasteiger partial charge in [0.25, 0.3) is 0 Å². The summed E-state index contributed by atoms with van der Waals surface area (Å²) in [6.45, 7) is 3.11. The van der Waals surface area contributed by atoms with Crippen LogP contribution in [0.3, 0.4) is 0 Å². The highest BCUT2D eigenvalue weighted by Gasteiger charge is 2.26. The van der Waals surface area contributed by atoms with Crippen LogP contribution in [0.25, 0.3) is 0 Å². The fourth-order valence-electron chi connectivity index (χ4n) is 1.28. The van der Waals surface area contributed by atoms with E-state index in [1.54, 1.807) is 4.90 Å². The van der Waals surface area contributed by atoms with E-state index < -0.39 is 0 Å². The van der Waals surface area contributed by atoms with Gasteiger partial charge in [0.2, 0.25) is 12.3 Å². The highest BCUT2D eigenvalue weighted by Crippen LogP contribution is 2.04. The van der Waals surface area contributed by atoms with E-state index in [0.29, 0.717) is 19.5 Å². The van der Waals surface area contributed by atoms with Crippen molar-refractivity contribution in [3.8, 4) is 0 Å². The summed E-state index contributed by atoms with van der Waals surface area (Å²) in [7, 11) is 0. The number of nitrogens with one attached hydrogen (secondary N) is 1. The van der Waals surface area contributed by atoms with Gasteiger partial charge in [0.15, 0.2) is 0 Å². The van der Waals surface area contributed by atoms with Crippen LogP contribution < -0.4 is 5.32 Å². The Balaban J connectivity index is 2.63. The molecule has 11 heavy (non-hydrogen) atoms. The minimum Gasteiger partial charge on any atom is -0.353 e. The van der Waals surface area contributed by atoms with Gasteiger partial charge >= 0.3 is 0 Å². The van der Waals surface area contributed by atoms with Crippen molar-refractivity contribution in [2.75, 3.05) is 13.1 Å². The first-order chi connectivity index (χ1) is 5.29. The van der Waals surface area contributed by atoms with Gasteiger partial charge in [0, 0.05) is 13.1 Å². The Morgan fingerprint density at radius 1 is 1.82 bits per heavy atom. The van der Waals surface area contributed by atoms with E-state index in [1.165, 1.54) is 0 Å². The number of hydrogen-bond donors (Lipinski definition) is 1. The average Bonchev–Trinajstić information content (AvgIpc) is 2.04. The molecule has 1 N–H and O–H groups in total. The molecule has 0 aromatic carbocycles. The second kappa shape index (κ2) is 3.37. The third-order valence-corrected chi connectivity index (χ3v) is 1.89. The Labute approximate surface area is 65.6 Å². The summed E-state index contributed by atoms with van der Waals surface area (Å²) in [5.74, 6) is -0.0362. The lowest BCUT2D eigenvalue weighted by Gasteiger charge is -2.31. The van der Waals surface area contributed by atoms with Gasteiger partial charge in [-0.1, -0.05) is 6.92 Å². The van der Waals surface area contributed by atoms with Crippen molar-refractivity contribution in [2.45, 2.75) is 19.4 Å². The Kier molecular flexibility index (Phi) is 2.46. The SMILES string of the molecule is CCC1C(=O)NCCN1C=O. The molecule has 4 nitrogen and oxygen atoms in total. The molecule has 0 bridgehead atoms. The Bertz CT molecular complexity index is 170. The second-order valence-corrected chi connectivity index (χ2v) is 2.56. The quantitative estimate of drug-likeness (QED) is 0.540. The molecule has 1 unspecified atom stereocenters. The van der Waals surface area contributed by atoms with Gasteiger partial charge in [0.05, 0.1) is 0 Å². The minimum atomic E-state index is -0.249. The largest absolute Gasteiger partial charge is 0.353 e. The third kappa shape index (κ3) is 1.50. The van der Waals surface area contributed by atoms with Gasteiger partial charge in [-0.05, 0) is 6.42 Å². The molecule has 0 radical (unpaired) electrons. The molecule has 1 saturated heterocycles. The van der Waals surface area contributed by atoms with Crippen molar-refractivity contribution < 1.29 is 9.59 Å². The van der Waals surface area contributed by atoms with Crippen molar-refractivity contribution in [2.24, 2.45) is 0 Å². The summed E-state index contributed by atoms with van der Waals surface area (Å²) in [5.41, 5.74) is 0. The van der Waals surface area contributed by atoms with Gasteiger partial charge in [0.1, 0.15) is 6.04 Å². The lowest BCUT2D eigenvalue weighted by molar-refractivity contribution is -0.135. The second-order valence-electron chi connectivity index (χ2n) is 2.56. The number of amides is 2. The summed E-state index contributed by atoms with van der Waals surface area (Å²) in [4.78, 5) is 23.0. The van der Waals surface area contributed by atoms with Crippen LogP contribution in [-0.2, 0) is 9.59 Å². The van der Waals surface area contributed by atoms with Gasteiger partial charge in [-0.15, -0.1) is 0 Å². The first-order valence-corrected chi connectivity index (χ1v) is 3.78. The van der Waals surface area contributed by atoms with Crippen molar-refractivity contribution in [3.05, 3.63) is 0 Å². The Hall–Kier alpha value is -1.06. The molecular weight excluding hydrogens is 144 g/mol. The molecule has 0 aromatic heterocycles. The number of rotatable bonds is 2. The zero-order chi connectivity index (χ0) is 8.27. The van der Waals surface area contributed by atoms with Gasteiger partial charge < -0.3 is 10.2 Å². The molecule has 1 atom stereocenters. The molecular formula is C7H12N2O2. The monoisotopic (exact) mass is 156 g/mol. The summed E-state index contributed by atoms with van der Waals surface area (Å²) in [6, 6.07) is -0.249. The maximum atomic E-state index is 11.1. The normalized spacial score (nSPS) is 24.6. The van der Waals surface area contributed by atoms with Crippen LogP contribution in [0.2, 0.25) is 0 Å². The predicted molar refractivity (Wildman–Crippen MR) is 39.9 cm³/mol. The lowest BCUT2D eigenvalue weighted by atomic mass is 10.1. The maximum absolute atomic E-state index is 11.1. The fourth-order valence-corrected chi connectivity index (χ4v) is 1.28. The molecule has 62 valence electrons. The van der Waals surface area contributed by atoms with E-state index in [4.69, 9.17) is 0 Å². The lowest BCUT2D eigenvalue weighted by Crippen LogP contribution is -2.54. The van der Waals surface area contributed by atoms with E-state index in [1.807, 2.05) is 6.92 Å². The molecule has 0 aliphatic carbocycles. The van der Waals surface area contributed by atoms with Crippen LogP contribution in [0.5, 0.6) is 0 Å². The number of piperazine rings is 1. The Morgan fingerprint density at radius 3 is 3.00 bits per heavy atom. The van der Waals surface area contributed by atoms with E-state index in [-0.39, 0.29) is 11.9 Å². The van der Waals surface area contributed by atoms with E-state index >= 15 is 0 Å². The average molecular weight is 156 g/mol. The van der Waals surface area contributed by atoms with Crippen LogP contribution in [0.1, 0.15) is 13.3 Å². The molecule has 1 aliphatic heterocycles. The third-order valence-electron chi connectivity index (χ3n) is 1.89. The van der Waals surface area contributed by atoms with Crippen LogP contribution in [0.4, 0.5) is 0 Å². The molecule has 1 aliphatic rings. The van der Waals surface area contributed by atoms with E-state index in [0.717, 1.165) is 6.41 Å². The number of hydrogen-bond acceptors (Lipinski definition) is 2. The van der Waals surface area contributed by atoms with Crippen molar-refractivity contribution in [1.82, 2.24) is 10.2 Å². The Morgan fingerprint density at radius 2 is 2.55 bits per heavy atom.